The molecule has 0 spiro atoms. The largest absolute Gasteiger partial charge is 0.662 e. The predicted octanol–water partition coefficient (Wildman–Crippen LogP) is 1.88. The van der Waals surface area contributed by atoms with Crippen molar-refractivity contribution in [1.29, 1.82) is 0 Å². The van der Waals surface area contributed by atoms with Crippen LogP contribution in [0.5, 0.6) is 0 Å². The van der Waals surface area contributed by atoms with E-state index in [0.29, 0.717) is 0 Å². The standard InChI is InChI=1S/C6H12NS.Re/c1-8-6-2-4-7-5-3-6;/h6H,2-5H2,1H3;/q-1;. The summed E-state index contributed by atoms with van der Waals surface area (Å²) in [6, 6.07) is 0. The van der Waals surface area contributed by atoms with Gasteiger partial charge in [-0.3, -0.25) is 0 Å². The predicted molar refractivity (Wildman–Crippen MR) is 39.6 cm³/mol. The Morgan fingerprint density at radius 1 is 1.33 bits per heavy atom. The molecular formula is C6H12NReS-. The average Bonchev–Trinajstić information content (AvgIpc) is 1.90. The summed E-state index contributed by atoms with van der Waals surface area (Å²) < 4.78 is 0. The van der Waals surface area contributed by atoms with Gasteiger partial charge in [-0.25, -0.2) is 0 Å². The molecule has 0 bridgehead atoms. The number of hydrogen-bond donors (Lipinski definition) is 0. The van der Waals surface area contributed by atoms with Crippen LogP contribution < -0.4 is 0 Å². The fourth-order valence-corrected chi connectivity index (χ4v) is 1.64. The van der Waals surface area contributed by atoms with Crippen LogP contribution in [0.1, 0.15) is 12.8 Å². The van der Waals surface area contributed by atoms with Gasteiger partial charge in [0, 0.05) is 25.7 Å². The van der Waals surface area contributed by atoms with E-state index in [9.17, 15) is 0 Å². The maximum absolute atomic E-state index is 4.26. The molecule has 1 saturated heterocycles. The minimum Gasteiger partial charge on any atom is -0.662 e. The summed E-state index contributed by atoms with van der Waals surface area (Å²) in [6.45, 7) is 2.21. The van der Waals surface area contributed by atoms with Gasteiger partial charge in [-0.2, -0.15) is 11.8 Å². The molecule has 0 aromatic carbocycles. The van der Waals surface area contributed by atoms with Crippen LogP contribution in [0.4, 0.5) is 0 Å². The Balaban J connectivity index is 0.000000640. The summed E-state index contributed by atoms with van der Waals surface area (Å²) in [7, 11) is 0. The fourth-order valence-electron chi connectivity index (χ4n) is 0.962. The summed E-state index contributed by atoms with van der Waals surface area (Å²) >= 11 is 1.99. The van der Waals surface area contributed by atoms with Crippen molar-refractivity contribution in [3.05, 3.63) is 5.32 Å². The van der Waals surface area contributed by atoms with Gasteiger partial charge in [0.2, 0.25) is 0 Å². The molecule has 0 amide bonds. The Kier molecular flexibility index (Phi) is 6.35. The van der Waals surface area contributed by atoms with Gasteiger partial charge in [-0.15, -0.1) is 13.1 Å². The SMILES string of the molecule is CSC1CC[N-]CC1.[Re]. The molecule has 9 heavy (non-hydrogen) atoms. The van der Waals surface area contributed by atoms with Crippen molar-refractivity contribution >= 4 is 11.8 Å². The Morgan fingerprint density at radius 3 is 2.22 bits per heavy atom. The number of rotatable bonds is 1. The van der Waals surface area contributed by atoms with E-state index in [1.54, 1.807) is 0 Å². The van der Waals surface area contributed by atoms with Crippen LogP contribution >= 0.6 is 11.8 Å². The van der Waals surface area contributed by atoms with E-state index >= 15 is 0 Å². The van der Waals surface area contributed by atoms with Crippen LogP contribution in [0.2, 0.25) is 0 Å². The monoisotopic (exact) mass is 317 g/mol. The molecule has 1 aliphatic rings. The zero-order valence-corrected chi connectivity index (χ0v) is 9.17. The van der Waals surface area contributed by atoms with Crippen LogP contribution in [0.3, 0.4) is 0 Å². The van der Waals surface area contributed by atoms with E-state index in [2.05, 4.69) is 11.6 Å². The summed E-state index contributed by atoms with van der Waals surface area (Å²) in [4.78, 5) is 0. The third kappa shape index (κ3) is 3.62. The first-order valence-electron chi connectivity index (χ1n) is 3.09. The van der Waals surface area contributed by atoms with Crippen LogP contribution in [0.25, 0.3) is 5.32 Å². The van der Waals surface area contributed by atoms with Gasteiger partial charge in [-0.1, -0.05) is 12.8 Å². The molecule has 1 fully saturated rings. The maximum atomic E-state index is 4.26. The molecule has 3 heteroatoms. The van der Waals surface area contributed by atoms with Crippen molar-refractivity contribution in [1.82, 2.24) is 0 Å². The number of thioether (sulfide) groups is 1. The van der Waals surface area contributed by atoms with E-state index < -0.39 is 0 Å². The molecule has 1 heterocycles. The van der Waals surface area contributed by atoms with E-state index in [4.69, 9.17) is 0 Å². The Bertz CT molecular complexity index is 64.1. The van der Waals surface area contributed by atoms with E-state index in [-0.39, 0.29) is 20.4 Å². The van der Waals surface area contributed by atoms with Crippen molar-refractivity contribution in [3.63, 3.8) is 0 Å². The minimum absolute atomic E-state index is 0. The molecule has 0 saturated carbocycles. The normalized spacial score (nSPS) is 21.0. The topological polar surface area (TPSA) is 14.1 Å². The van der Waals surface area contributed by atoms with Gasteiger partial charge in [-0.05, 0) is 6.26 Å². The van der Waals surface area contributed by atoms with Crippen molar-refractivity contribution in [2.45, 2.75) is 18.1 Å². The molecule has 0 unspecified atom stereocenters. The average molecular weight is 316 g/mol. The molecule has 0 N–H and O–H groups in total. The third-order valence-corrected chi connectivity index (χ3v) is 2.69. The van der Waals surface area contributed by atoms with Crippen LogP contribution in [-0.4, -0.2) is 24.6 Å². The van der Waals surface area contributed by atoms with Gasteiger partial charge >= 0.3 is 0 Å². The minimum atomic E-state index is 0. The van der Waals surface area contributed by atoms with Gasteiger partial charge in [0.05, 0.1) is 0 Å². The molecule has 0 aromatic heterocycles. The molecule has 0 aromatic rings. The van der Waals surface area contributed by atoms with Gasteiger partial charge in [0.1, 0.15) is 0 Å². The van der Waals surface area contributed by atoms with Crippen LogP contribution in [-0.2, 0) is 20.4 Å². The third-order valence-electron chi connectivity index (χ3n) is 1.55. The van der Waals surface area contributed by atoms with E-state index in [1.807, 2.05) is 11.8 Å². The summed E-state index contributed by atoms with van der Waals surface area (Å²) in [5.74, 6) is 0. The first-order valence-corrected chi connectivity index (χ1v) is 4.38. The summed E-state index contributed by atoms with van der Waals surface area (Å²) in [6.07, 6.45) is 4.80. The first kappa shape index (κ1) is 9.97. The molecule has 1 aliphatic heterocycles. The molecular weight excluding hydrogens is 304 g/mol. The fraction of sp³-hybridized carbons (Fsp3) is 1.00. The van der Waals surface area contributed by atoms with Crippen molar-refractivity contribution in [2.24, 2.45) is 0 Å². The van der Waals surface area contributed by atoms with E-state index in [0.717, 1.165) is 18.3 Å². The second-order valence-corrected chi connectivity index (χ2v) is 3.24. The van der Waals surface area contributed by atoms with Crippen LogP contribution in [0, 0.1) is 0 Å². The zero-order chi connectivity index (χ0) is 5.82. The Labute approximate surface area is 75.0 Å². The van der Waals surface area contributed by atoms with E-state index in [1.165, 1.54) is 12.8 Å². The number of hydrogen-bond acceptors (Lipinski definition) is 1. The smallest absolute Gasteiger partial charge is 0.00115 e. The zero-order valence-electron chi connectivity index (χ0n) is 5.64. The van der Waals surface area contributed by atoms with Gasteiger partial charge in [0.25, 0.3) is 0 Å². The second kappa shape index (κ2) is 5.73. The molecule has 1 radical (unpaired) electrons. The van der Waals surface area contributed by atoms with Gasteiger partial charge in [0.15, 0.2) is 0 Å². The number of nitrogens with zero attached hydrogens (tertiary/aromatic N) is 1. The maximum Gasteiger partial charge on any atom is 0.00115 e. The second-order valence-electron chi connectivity index (χ2n) is 2.11. The quantitative estimate of drug-likeness (QED) is 0.720. The summed E-state index contributed by atoms with van der Waals surface area (Å²) in [5.41, 5.74) is 0. The molecule has 0 atom stereocenters. The Morgan fingerprint density at radius 2 is 1.89 bits per heavy atom. The first-order chi connectivity index (χ1) is 3.93. The van der Waals surface area contributed by atoms with Crippen LogP contribution in [0.15, 0.2) is 0 Å². The van der Waals surface area contributed by atoms with Crippen molar-refractivity contribution in [2.75, 3.05) is 19.3 Å². The number of piperidine rings is 1. The van der Waals surface area contributed by atoms with Crippen molar-refractivity contribution < 1.29 is 20.4 Å². The Hall–Kier alpha value is 0.972. The molecule has 0 aliphatic carbocycles. The summed E-state index contributed by atoms with van der Waals surface area (Å²) in [5, 5.41) is 5.17. The van der Waals surface area contributed by atoms with Gasteiger partial charge < -0.3 is 5.32 Å². The molecule has 1 rings (SSSR count). The molecule has 55 valence electrons. The molecule has 1 nitrogen and oxygen atoms in total. The van der Waals surface area contributed by atoms with Crippen molar-refractivity contribution in [3.8, 4) is 0 Å².